The van der Waals surface area contributed by atoms with Gasteiger partial charge in [0.15, 0.2) is 5.11 Å². The van der Waals surface area contributed by atoms with Gasteiger partial charge >= 0.3 is 0 Å². The number of likely N-dealkylation sites (tertiary alicyclic amines) is 1. The van der Waals surface area contributed by atoms with E-state index < -0.39 is 0 Å². The number of benzene rings is 1. The first kappa shape index (κ1) is 13.0. The number of rotatable bonds is 2. The molecule has 1 fully saturated rings. The van der Waals surface area contributed by atoms with Gasteiger partial charge in [0.05, 0.1) is 5.71 Å². The van der Waals surface area contributed by atoms with E-state index in [0.717, 1.165) is 29.5 Å². The number of piperidine rings is 1. The molecule has 2 rings (SSSR count). The highest BCUT2D eigenvalue weighted by Crippen LogP contribution is 2.08. The maximum absolute atomic E-state index is 5.35. The molecule has 4 heteroatoms. The van der Waals surface area contributed by atoms with Crippen LogP contribution in [0.3, 0.4) is 0 Å². The van der Waals surface area contributed by atoms with Crippen LogP contribution >= 0.6 is 12.2 Å². The minimum Gasteiger partial charge on any atom is -0.348 e. The number of nitrogens with one attached hydrogen (secondary N) is 1. The fourth-order valence-electron chi connectivity index (χ4n) is 2.04. The third-order valence-electron chi connectivity index (χ3n) is 3.15. The van der Waals surface area contributed by atoms with Gasteiger partial charge in [0.2, 0.25) is 0 Å². The molecule has 0 spiro atoms. The maximum atomic E-state index is 5.35. The van der Waals surface area contributed by atoms with E-state index in [2.05, 4.69) is 15.4 Å². The maximum Gasteiger partial charge on any atom is 0.189 e. The summed E-state index contributed by atoms with van der Waals surface area (Å²) in [5, 5.41) is 5.09. The van der Waals surface area contributed by atoms with E-state index in [0.29, 0.717) is 0 Å². The summed E-state index contributed by atoms with van der Waals surface area (Å²) in [6.45, 7) is 4.08. The summed E-state index contributed by atoms with van der Waals surface area (Å²) in [7, 11) is 0. The first-order chi connectivity index (χ1) is 8.77. The lowest BCUT2D eigenvalue weighted by Gasteiger charge is -2.28. The zero-order valence-electron chi connectivity index (χ0n) is 10.7. The van der Waals surface area contributed by atoms with Crippen molar-refractivity contribution in [1.82, 2.24) is 10.3 Å². The van der Waals surface area contributed by atoms with Crippen LogP contribution < -0.4 is 5.43 Å². The minimum absolute atomic E-state index is 0.741. The summed E-state index contributed by atoms with van der Waals surface area (Å²) in [5.74, 6) is 0. The predicted molar refractivity (Wildman–Crippen MR) is 79.8 cm³/mol. The monoisotopic (exact) mass is 261 g/mol. The van der Waals surface area contributed by atoms with Crippen LogP contribution in [0.2, 0.25) is 0 Å². The molecule has 0 atom stereocenters. The van der Waals surface area contributed by atoms with Gasteiger partial charge in [0.25, 0.3) is 0 Å². The van der Waals surface area contributed by atoms with E-state index in [1.54, 1.807) is 0 Å². The molecule has 1 aliphatic rings. The third kappa shape index (κ3) is 3.53. The topological polar surface area (TPSA) is 27.6 Å². The van der Waals surface area contributed by atoms with Crippen molar-refractivity contribution in [1.29, 1.82) is 0 Å². The fourth-order valence-corrected chi connectivity index (χ4v) is 2.27. The quantitative estimate of drug-likeness (QED) is 0.504. The molecule has 1 aliphatic heterocycles. The smallest absolute Gasteiger partial charge is 0.189 e. The van der Waals surface area contributed by atoms with E-state index in [9.17, 15) is 0 Å². The van der Waals surface area contributed by atoms with Crippen molar-refractivity contribution < 1.29 is 0 Å². The molecular weight excluding hydrogens is 242 g/mol. The van der Waals surface area contributed by atoms with E-state index >= 15 is 0 Å². The molecule has 1 saturated heterocycles. The lowest BCUT2D eigenvalue weighted by atomic mass is 10.1. The Labute approximate surface area is 114 Å². The first-order valence-electron chi connectivity index (χ1n) is 6.42. The lowest BCUT2D eigenvalue weighted by Crippen LogP contribution is -2.40. The molecule has 18 heavy (non-hydrogen) atoms. The Hall–Kier alpha value is -1.42. The molecule has 0 bridgehead atoms. The van der Waals surface area contributed by atoms with Crippen molar-refractivity contribution in [2.75, 3.05) is 13.1 Å². The third-order valence-corrected chi connectivity index (χ3v) is 3.50. The van der Waals surface area contributed by atoms with Crippen LogP contribution in [0.25, 0.3) is 0 Å². The highest BCUT2D eigenvalue weighted by molar-refractivity contribution is 7.80. The molecule has 1 N–H and O–H groups in total. The second kappa shape index (κ2) is 6.50. The van der Waals surface area contributed by atoms with Crippen LogP contribution in [0.15, 0.2) is 35.4 Å². The summed E-state index contributed by atoms with van der Waals surface area (Å²) in [4.78, 5) is 2.20. The molecule has 96 valence electrons. The SMILES string of the molecule is C/C(=N/NC(=S)N1CCCCC1)c1ccccc1. The molecule has 0 amide bonds. The van der Waals surface area contributed by atoms with Gasteiger partial charge < -0.3 is 4.90 Å². The average molecular weight is 261 g/mol. The second-order valence-electron chi connectivity index (χ2n) is 4.53. The van der Waals surface area contributed by atoms with Gasteiger partial charge in [-0.2, -0.15) is 5.10 Å². The van der Waals surface area contributed by atoms with Crippen LogP contribution in [0.4, 0.5) is 0 Å². The van der Waals surface area contributed by atoms with Crippen molar-refractivity contribution in [2.45, 2.75) is 26.2 Å². The zero-order chi connectivity index (χ0) is 12.8. The van der Waals surface area contributed by atoms with Crippen LogP contribution in [0, 0.1) is 0 Å². The number of nitrogens with zero attached hydrogens (tertiary/aromatic N) is 2. The molecule has 0 unspecified atom stereocenters. The van der Waals surface area contributed by atoms with Crippen molar-refractivity contribution in [2.24, 2.45) is 5.10 Å². The summed E-state index contributed by atoms with van der Waals surface area (Å²) in [5.41, 5.74) is 5.07. The van der Waals surface area contributed by atoms with Gasteiger partial charge in [-0.05, 0) is 44.0 Å². The van der Waals surface area contributed by atoms with Gasteiger partial charge in [-0.15, -0.1) is 0 Å². The molecule has 0 aliphatic carbocycles. The Kier molecular flexibility index (Phi) is 4.70. The largest absolute Gasteiger partial charge is 0.348 e. The van der Waals surface area contributed by atoms with Crippen molar-refractivity contribution in [3.63, 3.8) is 0 Å². The Bertz CT molecular complexity index is 422. The summed E-state index contributed by atoms with van der Waals surface area (Å²) >= 11 is 5.35. The van der Waals surface area contributed by atoms with E-state index in [1.165, 1.54) is 19.3 Å². The first-order valence-corrected chi connectivity index (χ1v) is 6.83. The number of hydrogen-bond acceptors (Lipinski definition) is 2. The van der Waals surface area contributed by atoms with E-state index in [1.807, 2.05) is 37.3 Å². The molecular formula is C14H19N3S. The Morgan fingerprint density at radius 1 is 1.17 bits per heavy atom. The molecule has 0 aromatic heterocycles. The Morgan fingerprint density at radius 3 is 2.50 bits per heavy atom. The van der Waals surface area contributed by atoms with Gasteiger partial charge in [-0.1, -0.05) is 30.3 Å². The predicted octanol–water partition coefficient (Wildman–Crippen LogP) is 2.77. The van der Waals surface area contributed by atoms with Crippen LogP contribution in [0.5, 0.6) is 0 Å². The van der Waals surface area contributed by atoms with Crippen LogP contribution in [-0.2, 0) is 0 Å². The molecule has 0 radical (unpaired) electrons. The van der Waals surface area contributed by atoms with Crippen LogP contribution in [-0.4, -0.2) is 28.8 Å². The van der Waals surface area contributed by atoms with Crippen molar-refractivity contribution in [3.8, 4) is 0 Å². The van der Waals surface area contributed by atoms with Crippen molar-refractivity contribution >= 4 is 23.0 Å². The molecule has 1 aromatic rings. The normalized spacial score (nSPS) is 16.5. The molecule has 1 aromatic carbocycles. The van der Waals surface area contributed by atoms with Gasteiger partial charge in [0.1, 0.15) is 0 Å². The Morgan fingerprint density at radius 2 is 1.83 bits per heavy atom. The Balaban J connectivity index is 1.91. The minimum atomic E-state index is 0.741. The second-order valence-corrected chi connectivity index (χ2v) is 4.91. The fraction of sp³-hybridized carbons (Fsp3) is 0.429. The number of thiocarbonyl (C=S) groups is 1. The van der Waals surface area contributed by atoms with E-state index in [4.69, 9.17) is 12.2 Å². The number of hydrazone groups is 1. The van der Waals surface area contributed by atoms with Gasteiger partial charge in [0, 0.05) is 13.1 Å². The summed E-state index contributed by atoms with van der Waals surface area (Å²) in [6, 6.07) is 10.1. The summed E-state index contributed by atoms with van der Waals surface area (Å²) in [6.07, 6.45) is 3.76. The standard InChI is InChI=1S/C14H19N3S/c1-12(13-8-4-2-5-9-13)15-16-14(18)17-10-6-3-7-11-17/h2,4-5,8-9H,3,6-7,10-11H2,1H3,(H,16,18)/b15-12-. The van der Waals surface area contributed by atoms with Gasteiger partial charge in [-0.3, -0.25) is 5.43 Å². The highest BCUT2D eigenvalue weighted by Gasteiger charge is 2.12. The summed E-state index contributed by atoms with van der Waals surface area (Å²) < 4.78 is 0. The molecule has 1 heterocycles. The number of hydrogen-bond donors (Lipinski definition) is 1. The lowest BCUT2D eigenvalue weighted by molar-refractivity contribution is 0.338. The van der Waals surface area contributed by atoms with Gasteiger partial charge in [-0.25, -0.2) is 0 Å². The molecule has 0 saturated carbocycles. The zero-order valence-corrected chi connectivity index (χ0v) is 11.5. The van der Waals surface area contributed by atoms with E-state index in [-0.39, 0.29) is 0 Å². The highest BCUT2D eigenvalue weighted by atomic mass is 32.1. The van der Waals surface area contributed by atoms with Crippen molar-refractivity contribution in [3.05, 3.63) is 35.9 Å². The average Bonchev–Trinajstić information content (AvgIpc) is 2.46. The molecule has 3 nitrogen and oxygen atoms in total. The van der Waals surface area contributed by atoms with Crippen LogP contribution in [0.1, 0.15) is 31.7 Å².